The summed E-state index contributed by atoms with van der Waals surface area (Å²) in [5, 5.41) is 0. The lowest BCUT2D eigenvalue weighted by molar-refractivity contribution is -0.0886. The van der Waals surface area contributed by atoms with Gasteiger partial charge in [0.2, 0.25) is 0 Å². The van der Waals surface area contributed by atoms with Gasteiger partial charge in [0.1, 0.15) is 18.0 Å². The minimum Gasteiger partial charge on any atom is -0.456 e. The molecule has 1 aromatic heterocycles. The minimum absolute atomic E-state index is 0.0198. The second-order valence-electron chi connectivity index (χ2n) is 7.34. The topological polar surface area (TPSA) is 61.1 Å². The molecular formula is C19H27NO5. The molecule has 25 heavy (non-hydrogen) atoms. The number of rotatable bonds is 4. The average molecular weight is 349 g/mol. The Morgan fingerprint density at radius 3 is 2.84 bits per heavy atom. The lowest BCUT2D eigenvalue weighted by Gasteiger charge is -2.32. The molecule has 3 aliphatic rings. The first-order chi connectivity index (χ1) is 12.2. The van der Waals surface area contributed by atoms with Gasteiger partial charge in [0.15, 0.2) is 5.76 Å². The van der Waals surface area contributed by atoms with E-state index in [1.54, 1.807) is 6.07 Å². The molecule has 1 amide bonds. The van der Waals surface area contributed by atoms with Crippen molar-refractivity contribution in [2.75, 3.05) is 33.0 Å². The Hall–Kier alpha value is -1.37. The van der Waals surface area contributed by atoms with Crippen LogP contribution < -0.4 is 0 Å². The number of likely N-dealkylation sites (tertiary alicyclic amines) is 1. The quantitative estimate of drug-likeness (QED) is 0.835. The second kappa shape index (κ2) is 7.48. The van der Waals surface area contributed by atoms with E-state index < -0.39 is 0 Å². The number of aryl methyl sites for hydroxylation is 1. The number of carbonyl (C=O) groups is 1. The Bertz CT molecular complexity index is 594. The molecule has 3 atom stereocenters. The van der Waals surface area contributed by atoms with Crippen LogP contribution in [0.5, 0.6) is 0 Å². The Morgan fingerprint density at radius 2 is 2.08 bits per heavy atom. The summed E-state index contributed by atoms with van der Waals surface area (Å²) >= 11 is 0. The summed E-state index contributed by atoms with van der Waals surface area (Å²) in [6.07, 6.45) is 3.98. The zero-order valence-corrected chi connectivity index (χ0v) is 14.8. The highest BCUT2D eigenvalue weighted by Gasteiger charge is 2.47. The summed E-state index contributed by atoms with van der Waals surface area (Å²) < 4.78 is 23.2. The van der Waals surface area contributed by atoms with E-state index in [0.717, 1.165) is 57.9 Å². The first-order valence-corrected chi connectivity index (χ1v) is 9.41. The normalized spacial score (nSPS) is 30.4. The second-order valence-corrected chi connectivity index (χ2v) is 7.34. The van der Waals surface area contributed by atoms with Crippen molar-refractivity contribution in [2.45, 2.75) is 50.9 Å². The molecule has 3 fully saturated rings. The van der Waals surface area contributed by atoms with E-state index >= 15 is 0 Å². The molecule has 3 saturated heterocycles. The number of hydrogen-bond acceptors (Lipinski definition) is 5. The van der Waals surface area contributed by atoms with Crippen molar-refractivity contribution in [3.63, 3.8) is 0 Å². The first kappa shape index (κ1) is 17.1. The third-order valence-electron chi connectivity index (χ3n) is 5.58. The van der Waals surface area contributed by atoms with Crippen LogP contribution in [0.4, 0.5) is 0 Å². The van der Waals surface area contributed by atoms with Crippen LogP contribution in [0.25, 0.3) is 0 Å². The molecule has 1 aromatic rings. The summed E-state index contributed by atoms with van der Waals surface area (Å²) in [5.74, 6) is 1.66. The highest BCUT2D eigenvalue weighted by Crippen LogP contribution is 2.32. The Kier molecular flexibility index (Phi) is 5.10. The molecule has 0 spiro atoms. The van der Waals surface area contributed by atoms with Gasteiger partial charge in [0.25, 0.3) is 5.91 Å². The highest BCUT2D eigenvalue weighted by molar-refractivity contribution is 5.92. The fraction of sp³-hybridized carbons (Fsp3) is 0.737. The van der Waals surface area contributed by atoms with Crippen LogP contribution in [-0.4, -0.2) is 62.0 Å². The molecule has 6 nitrogen and oxygen atoms in total. The summed E-state index contributed by atoms with van der Waals surface area (Å²) in [5.41, 5.74) is 0. The van der Waals surface area contributed by atoms with Gasteiger partial charge >= 0.3 is 0 Å². The van der Waals surface area contributed by atoms with E-state index in [9.17, 15) is 4.79 Å². The molecule has 0 radical (unpaired) electrons. The van der Waals surface area contributed by atoms with Crippen LogP contribution in [-0.2, 0) is 14.2 Å². The molecule has 138 valence electrons. The van der Waals surface area contributed by atoms with Gasteiger partial charge in [-0.15, -0.1) is 0 Å². The fourth-order valence-corrected chi connectivity index (χ4v) is 4.15. The molecule has 0 saturated carbocycles. The lowest BCUT2D eigenvalue weighted by atomic mass is 10.0. The molecule has 0 unspecified atom stereocenters. The number of fused-ring (bicyclic) bond motifs is 1. The van der Waals surface area contributed by atoms with Gasteiger partial charge in [-0.3, -0.25) is 4.79 Å². The van der Waals surface area contributed by atoms with Gasteiger partial charge in [-0.25, -0.2) is 0 Å². The summed E-state index contributed by atoms with van der Waals surface area (Å²) in [4.78, 5) is 14.8. The lowest BCUT2D eigenvalue weighted by Crippen LogP contribution is -2.44. The van der Waals surface area contributed by atoms with Crippen molar-refractivity contribution in [3.8, 4) is 0 Å². The Balaban J connectivity index is 1.43. The van der Waals surface area contributed by atoms with Gasteiger partial charge in [0.05, 0.1) is 19.2 Å². The summed E-state index contributed by atoms with van der Waals surface area (Å²) in [7, 11) is 0. The van der Waals surface area contributed by atoms with Crippen LogP contribution in [0.1, 0.15) is 42.0 Å². The zero-order valence-electron chi connectivity index (χ0n) is 14.8. The first-order valence-electron chi connectivity index (χ1n) is 9.41. The highest BCUT2D eigenvalue weighted by atomic mass is 16.5. The summed E-state index contributed by atoms with van der Waals surface area (Å²) in [6, 6.07) is 3.68. The monoisotopic (exact) mass is 349 g/mol. The van der Waals surface area contributed by atoms with Crippen molar-refractivity contribution in [1.82, 2.24) is 4.90 Å². The molecule has 6 heteroatoms. The third kappa shape index (κ3) is 3.61. The van der Waals surface area contributed by atoms with Crippen molar-refractivity contribution >= 4 is 5.91 Å². The van der Waals surface area contributed by atoms with E-state index in [1.807, 2.05) is 17.9 Å². The smallest absolute Gasteiger partial charge is 0.289 e. The molecule has 4 rings (SSSR count). The molecule has 0 bridgehead atoms. The number of ether oxygens (including phenoxy) is 3. The van der Waals surface area contributed by atoms with Gasteiger partial charge in [-0.1, -0.05) is 0 Å². The molecule has 0 aromatic carbocycles. The van der Waals surface area contributed by atoms with Crippen LogP contribution in [0.15, 0.2) is 16.5 Å². The van der Waals surface area contributed by atoms with Crippen LogP contribution >= 0.6 is 0 Å². The SMILES string of the molecule is Cc1ccc(C(=O)N2C[C@@H](OCC3CCOCC3)[C@H]3OCCC[C@H]32)o1. The minimum atomic E-state index is -0.0502. The predicted molar refractivity (Wildman–Crippen MR) is 90.5 cm³/mol. The van der Waals surface area contributed by atoms with E-state index in [-0.39, 0.29) is 24.2 Å². The van der Waals surface area contributed by atoms with E-state index in [0.29, 0.717) is 18.2 Å². The zero-order chi connectivity index (χ0) is 17.2. The van der Waals surface area contributed by atoms with Crippen molar-refractivity contribution in [3.05, 3.63) is 23.7 Å². The third-order valence-corrected chi connectivity index (χ3v) is 5.58. The number of carbonyl (C=O) groups excluding carboxylic acids is 1. The van der Waals surface area contributed by atoms with Crippen molar-refractivity contribution in [1.29, 1.82) is 0 Å². The van der Waals surface area contributed by atoms with E-state index in [2.05, 4.69) is 0 Å². The largest absolute Gasteiger partial charge is 0.456 e. The number of nitrogens with zero attached hydrogens (tertiary/aromatic N) is 1. The van der Waals surface area contributed by atoms with Crippen molar-refractivity contribution in [2.24, 2.45) is 5.92 Å². The van der Waals surface area contributed by atoms with Gasteiger partial charge < -0.3 is 23.5 Å². The Labute approximate surface area is 148 Å². The Morgan fingerprint density at radius 1 is 1.24 bits per heavy atom. The average Bonchev–Trinajstić information content (AvgIpc) is 3.24. The number of hydrogen-bond donors (Lipinski definition) is 0. The van der Waals surface area contributed by atoms with E-state index in [4.69, 9.17) is 18.6 Å². The predicted octanol–water partition coefficient (Wildman–Crippen LogP) is 2.40. The fourth-order valence-electron chi connectivity index (χ4n) is 4.15. The maximum atomic E-state index is 12.9. The molecule has 4 heterocycles. The van der Waals surface area contributed by atoms with E-state index in [1.165, 1.54) is 0 Å². The summed E-state index contributed by atoms with van der Waals surface area (Å²) in [6.45, 7) is 5.56. The maximum absolute atomic E-state index is 12.9. The molecule has 0 aliphatic carbocycles. The van der Waals surface area contributed by atoms with Crippen LogP contribution in [0.2, 0.25) is 0 Å². The van der Waals surface area contributed by atoms with Crippen molar-refractivity contribution < 1.29 is 23.4 Å². The molecular weight excluding hydrogens is 322 g/mol. The van der Waals surface area contributed by atoms with Gasteiger partial charge in [-0.2, -0.15) is 0 Å². The van der Waals surface area contributed by atoms with Crippen LogP contribution in [0.3, 0.4) is 0 Å². The van der Waals surface area contributed by atoms with Crippen LogP contribution in [0, 0.1) is 12.8 Å². The van der Waals surface area contributed by atoms with Gasteiger partial charge in [-0.05, 0) is 50.7 Å². The standard InChI is InChI=1S/C19H27NO5/c1-13-4-5-16(25-13)19(21)20-11-17(18-15(20)3-2-8-23-18)24-12-14-6-9-22-10-7-14/h4-5,14-15,17-18H,2-3,6-12H2,1H3/t15-,17-,18+/m1/s1. The number of amides is 1. The molecule has 0 N–H and O–H groups in total. The molecule has 3 aliphatic heterocycles. The maximum Gasteiger partial charge on any atom is 0.289 e. The van der Waals surface area contributed by atoms with Gasteiger partial charge in [0, 0.05) is 19.8 Å². The number of furan rings is 1.